The summed E-state index contributed by atoms with van der Waals surface area (Å²) in [5.41, 5.74) is 58.9. The third-order valence-corrected chi connectivity index (χ3v) is 16.2. The molecule has 15 atom stereocenters. The summed E-state index contributed by atoms with van der Waals surface area (Å²) in [6.07, 6.45) is 7.91. The van der Waals surface area contributed by atoms with E-state index in [2.05, 4.69) is 35.6 Å². The lowest BCUT2D eigenvalue weighted by molar-refractivity contribution is -0.138. The summed E-state index contributed by atoms with van der Waals surface area (Å²) in [5, 5.41) is 16.2. The number of imidazole rings is 2. The Kier molecular flexibility index (Phi) is 27.0. The number of aliphatic hydroxyl groups excluding tert-OH is 1. The van der Waals surface area contributed by atoms with Crippen molar-refractivity contribution in [2.24, 2.45) is 98.9 Å². The number of fused-ring (bicyclic) bond motifs is 1. The molecular weight excluding hydrogens is 1100 g/mol. The van der Waals surface area contributed by atoms with Gasteiger partial charge in [-0.05, 0) is 54.7 Å². The van der Waals surface area contributed by atoms with E-state index < -0.39 is 174 Å². The van der Waals surface area contributed by atoms with Crippen LogP contribution >= 0.6 is 11.8 Å². The van der Waals surface area contributed by atoms with Crippen molar-refractivity contribution < 1.29 is 53.1 Å². The largest absolute Gasteiger partial charge is 0.396 e. The maximum Gasteiger partial charge on any atom is 0.243 e. The first-order chi connectivity index (χ1) is 39.6. The third-order valence-electron chi connectivity index (χ3n) is 15.5. The number of H-pyrrole nitrogens is 3. The van der Waals surface area contributed by atoms with Gasteiger partial charge in [-0.3, -0.25) is 47.9 Å². The van der Waals surface area contributed by atoms with Crippen LogP contribution in [0, 0.1) is 47.3 Å². The van der Waals surface area contributed by atoms with Crippen molar-refractivity contribution in [3.63, 3.8) is 0 Å². The SMILES string of the molecule is CSCCC(NC(=O)C(CC(C)C)NC(=O)C(Cc1cnc[nH]1)C(N)C(=O)CC(N)C(=O)C(C(C)C)C(N)C(=O)C(C)C(N)C(=O)C(Cc1c[nH]c2ccccc12)C(N)C(=O)C(Cc1cnc[nH]1)C(N)C(=O)C(CO)C(N)C(=O)CN)C(N)=O. The van der Waals surface area contributed by atoms with Gasteiger partial charge in [0, 0.05) is 83.8 Å². The Bertz CT molecular complexity index is 2880. The predicted octanol–water partition coefficient (Wildman–Crippen LogP) is -3.11. The van der Waals surface area contributed by atoms with Crippen LogP contribution in [0.2, 0.25) is 0 Å². The Hall–Kier alpha value is -6.73. The monoisotopic (exact) mass is 1190 g/mol. The first-order valence-electron chi connectivity index (χ1n) is 27.8. The van der Waals surface area contributed by atoms with Gasteiger partial charge in [0.15, 0.2) is 40.5 Å². The summed E-state index contributed by atoms with van der Waals surface area (Å²) >= 11 is 1.45. The molecule has 0 bridgehead atoms. The molecule has 3 heterocycles. The molecule has 15 unspecified atom stereocenters. The van der Waals surface area contributed by atoms with Crippen LogP contribution in [0.1, 0.15) is 70.8 Å². The van der Waals surface area contributed by atoms with Gasteiger partial charge >= 0.3 is 0 Å². The number of aliphatic hydroxyl groups is 1. The van der Waals surface area contributed by atoms with Crippen LogP contribution in [0.4, 0.5) is 0 Å². The summed E-state index contributed by atoms with van der Waals surface area (Å²) in [4.78, 5) is 156. The Balaban J connectivity index is 1.61. The van der Waals surface area contributed by atoms with Gasteiger partial charge in [-0.2, -0.15) is 11.8 Å². The van der Waals surface area contributed by atoms with E-state index >= 15 is 4.79 Å². The standard InChI is InChI=1S/C56H86N16O11S/c1-25(2)13-39(56(83)71-38(54(65)81)11-12-84-6)72-55(82)34(16-30-21-67-24-70-30)44(60)40(74)17-36(58)53(80)42(26(3)4)48(64)49(76)27(5)43(59)50(77)32(14-28-19-68-37-10-8-7-9-31(28)37)46(62)51(78)33(15-29-20-66-23-69-29)47(63)52(79)35(22-73)45(61)41(75)18-57/h7-10,19-21,23-27,32-36,38-39,42-48,68,73H,11-18,22,57-64H2,1-6H3,(H2,65,81)(H,66,69)(H,67,70)(H,71,83)(H,72,82). The van der Waals surface area contributed by atoms with Crippen molar-refractivity contribution in [2.75, 3.05) is 25.2 Å². The van der Waals surface area contributed by atoms with E-state index in [0.717, 1.165) is 0 Å². The van der Waals surface area contributed by atoms with Crippen molar-refractivity contribution in [1.29, 1.82) is 0 Å². The number of aromatic amines is 3. The zero-order valence-corrected chi connectivity index (χ0v) is 49.2. The second-order valence-electron chi connectivity index (χ2n) is 22.3. The summed E-state index contributed by atoms with van der Waals surface area (Å²) in [6.45, 7) is 6.69. The van der Waals surface area contributed by atoms with Crippen LogP contribution in [-0.4, -0.2) is 168 Å². The highest BCUT2D eigenvalue weighted by atomic mass is 32.2. The molecule has 0 aliphatic heterocycles. The number of aromatic nitrogens is 5. The highest BCUT2D eigenvalue weighted by Crippen LogP contribution is 2.29. The average molecular weight is 1190 g/mol. The molecule has 4 aromatic rings. The molecule has 1 aromatic carbocycles. The summed E-state index contributed by atoms with van der Waals surface area (Å²) < 4.78 is 0. The number of para-hydroxylation sites is 1. The first kappa shape index (κ1) is 69.8. The van der Waals surface area contributed by atoms with Crippen LogP contribution < -0.4 is 62.2 Å². The molecule has 0 radical (unpaired) electrons. The summed E-state index contributed by atoms with van der Waals surface area (Å²) in [7, 11) is 0. The van der Waals surface area contributed by atoms with Gasteiger partial charge in [0.2, 0.25) is 17.7 Å². The van der Waals surface area contributed by atoms with Gasteiger partial charge in [-0.25, -0.2) is 9.97 Å². The minimum atomic E-state index is -1.76. The molecule has 0 spiro atoms. The number of primary amides is 1. The highest BCUT2D eigenvalue weighted by molar-refractivity contribution is 7.98. The van der Waals surface area contributed by atoms with Gasteiger partial charge in [0.1, 0.15) is 12.1 Å². The Morgan fingerprint density at radius 2 is 1.15 bits per heavy atom. The number of hydrogen-bond acceptors (Lipinski definition) is 22. The van der Waals surface area contributed by atoms with Gasteiger partial charge < -0.3 is 82.3 Å². The summed E-state index contributed by atoms with van der Waals surface area (Å²) in [6, 6.07) is -6.79. The first-order valence-corrected chi connectivity index (χ1v) is 29.2. The van der Waals surface area contributed by atoms with Crippen molar-refractivity contribution in [3.8, 4) is 0 Å². The zero-order valence-electron chi connectivity index (χ0n) is 48.4. The molecule has 4 rings (SSSR count). The smallest absolute Gasteiger partial charge is 0.243 e. The average Bonchev–Trinajstić information content (AvgIpc) is 3.84. The molecule has 0 aliphatic carbocycles. The Morgan fingerprint density at radius 3 is 1.68 bits per heavy atom. The Morgan fingerprint density at radius 1 is 0.619 bits per heavy atom. The predicted molar refractivity (Wildman–Crippen MR) is 315 cm³/mol. The van der Waals surface area contributed by atoms with Gasteiger partial charge in [0.25, 0.3) is 0 Å². The van der Waals surface area contributed by atoms with E-state index in [9.17, 15) is 48.3 Å². The normalized spacial score (nSPS) is 17.2. The summed E-state index contributed by atoms with van der Waals surface area (Å²) in [5.74, 6) is -17.2. The number of amides is 3. The molecule has 24 N–H and O–H groups in total. The van der Waals surface area contributed by atoms with E-state index in [1.165, 1.54) is 43.7 Å². The number of carbonyl (C=O) groups is 10. The number of nitrogens with two attached hydrogens (primary N) is 9. The molecule has 3 amide bonds. The third kappa shape index (κ3) is 18.1. The van der Waals surface area contributed by atoms with Crippen molar-refractivity contribution in [3.05, 3.63) is 72.5 Å². The fraction of sp³-hybridized carbons (Fsp3) is 0.571. The number of rotatable bonds is 39. The van der Waals surface area contributed by atoms with Crippen LogP contribution in [-0.2, 0) is 67.2 Å². The molecule has 28 heteroatoms. The number of thioether (sulfide) groups is 1. The molecule has 27 nitrogen and oxygen atoms in total. The molecule has 0 fully saturated rings. The van der Waals surface area contributed by atoms with Gasteiger partial charge in [0.05, 0.1) is 79.9 Å². The lowest BCUT2D eigenvalue weighted by atomic mass is 9.73. The Labute approximate surface area is 491 Å². The van der Waals surface area contributed by atoms with Crippen LogP contribution in [0.3, 0.4) is 0 Å². The zero-order chi connectivity index (χ0) is 62.9. The van der Waals surface area contributed by atoms with E-state index in [1.807, 2.05) is 20.1 Å². The molecular formula is C56H86N16O11S. The van der Waals surface area contributed by atoms with Crippen molar-refractivity contribution >= 4 is 80.9 Å². The molecule has 3 aromatic heterocycles. The van der Waals surface area contributed by atoms with E-state index in [1.54, 1.807) is 44.3 Å². The van der Waals surface area contributed by atoms with E-state index in [0.29, 0.717) is 33.6 Å². The maximum atomic E-state index is 15.0. The molecule has 462 valence electrons. The number of Topliss-reactive ketones (excluding diaryl/α,β-unsaturated/α-hetero) is 7. The molecule has 0 saturated heterocycles. The van der Waals surface area contributed by atoms with Crippen molar-refractivity contribution in [1.82, 2.24) is 35.6 Å². The second-order valence-corrected chi connectivity index (χ2v) is 23.3. The lowest BCUT2D eigenvalue weighted by Gasteiger charge is -2.33. The minimum absolute atomic E-state index is 0.129. The van der Waals surface area contributed by atoms with Crippen molar-refractivity contribution in [2.45, 2.75) is 128 Å². The molecule has 0 aliphatic rings. The van der Waals surface area contributed by atoms with Crippen LogP contribution in [0.5, 0.6) is 0 Å². The van der Waals surface area contributed by atoms with E-state index in [-0.39, 0.29) is 38.0 Å². The molecule has 84 heavy (non-hydrogen) atoms. The van der Waals surface area contributed by atoms with Gasteiger partial charge in [-0.15, -0.1) is 0 Å². The second kappa shape index (κ2) is 32.5. The van der Waals surface area contributed by atoms with Crippen LogP contribution in [0.25, 0.3) is 10.9 Å². The number of nitrogens with one attached hydrogen (secondary N) is 5. The fourth-order valence-corrected chi connectivity index (χ4v) is 10.9. The fourth-order valence-electron chi connectivity index (χ4n) is 10.4. The topological polar surface area (TPSA) is 522 Å². The highest BCUT2D eigenvalue weighted by Gasteiger charge is 2.46. The number of hydrogen-bond donors (Lipinski definition) is 15. The minimum Gasteiger partial charge on any atom is -0.396 e. The number of ketones is 7. The molecule has 0 saturated carbocycles. The quantitative estimate of drug-likeness (QED) is 0.0210. The number of carbonyl (C=O) groups excluding carboxylic acids is 10. The van der Waals surface area contributed by atoms with Gasteiger partial charge in [-0.1, -0.05) is 52.8 Å². The van der Waals surface area contributed by atoms with E-state index in [4.69, 9.17) is 51.6 Å². The van der Waals surface area contributed by atoms with Crippen LogP contribution in [0.15, 0.2) is 55.5 Å². The maximum absolute atomic E-state index is 15.0. The lowest BCUT2D eigenvalue weighted by Crippen LogP contribution is -2.59. The number of benzene rings is 1. The number of nitrogens with zero attached hydrogens (tertiary/aromatic N) is 2.